The molecule has 108 valence electrons. The standard InChI is InChI=1S/C8H14O6.C2H6O2/c1-2-3-4-14-6(8(12)13)5(9)7(10)11;3-1-2-4/h5-6,9H,2-4H2,1H3,(H,10,11)(H,12,13);3-4H,1-2H2. The van der Waals surface area contributed by atoms with Crippen molar-refractivity contribution in [2.45, 2.75) is 32.0 Å². The molecular weight excluding hydrogens is 248 g/mol. The maximum Gasteiger partial charge on any atom is 0.336 e. The molecule has 5 N–H and O–H groups in total. The molecule has 8 nitrogen and oxygen atoms in total. The van der Waals surface area contributed by atoms with Crippen molar-refractivity contribution in [2.24, 2.45) is 0 Å². The van der Waals surface area contributed by atoms with E-state index in [4.69, 9.17) is 30.3 Å². The van der Waals surface area contributed by atoms with E-state index in [0.717, 1.165) is 6.42 Å². The summed E-state index contributed by atoms with van der Waals surface area (Å²) < 4.78 is 4.74. The lowest BCUT2D eigenvalue weighted by Crippen LogP contribution is -2.41. The van der Waals surface area contributed by atoms with E-state index in [0.29, 0.717) is 6.42 Å². The molecule has 0 aliphatic carbocycles. The highest BCUT2D eigenvalue weighted by Crippen LogP contribution is 2.02. The summed E-state index contributed by atoms with van der Waals surface area (Å²) in [7, 11) is 0. The van der Waals surface area contributed by atoms with Crippen LogP contribution in [0.1, 0.15) is 19.8 Å². The molecule has 0 radical (unpaired) electrons. The Bertz CT molecular complexity index is 228. The fraction of sp³-hybridized carbons (Fsp3) is 0.800. The minimum absolute atomic E-state index is 0.123. The zero-order chi connectivity index (χ0) is 14.6. The van der Waals surface area contributed by atoms with Gasteiger partial charge < -0.3 is 30.3 Å². The lowest BCUT2D eigenvalue weighted by Gasteiger charge is -2.15. The summed E-state index contributed by atoms with van der Waals surface area (Å²) in [5.74, 6) is -3.08. The average Bonchev–Trinajstić information content (AvgIpc) is 2.33. The first kappa shape index (κ1) is 19.1. The summed E-state index contributed by atoms with van der Waals surface area (Å²) in [6.07, 6.45) is -2.30. The summed E-state index contributed by atoms with van der Waals surface area (Å²) in [6.45, 7) is 1.75. The van der Waals surface area contributed by atoms with Crippen LogP contribution in [0, 0.1) is 0 Å². The second kappa shape index (κ2) is 12.2. The van der Waals surface area contributed by atoms with Gasteiger partial charge in [-0.15, -0.1) is 0 Å². The van der Waals surface area contributed by atoms with Gasteiger partial charge in [0.2, 0.25) is 0 Å². The van der Waals surface area contributed by atoms with E-state index >= 15 is 0 Å². The van der Waals surface area contributed by atoms with Crippen LogP contribution in [0.15, 0.2) is 0 Å². The van der Waals surface area contributed by atoms with E-state index in [1.807, 2.05) is 6.92 Å². The molecule has 0 aliphatic rings. The van der Waals surface area contributed by atoms with Crippen molar-refractivity contribution in [3.05, 3.63) is 0 Å². The molecule has 0 bridgehead atoms. The number of carboxylic acid groups (broad SMARTS) is 2. The molecular formula is C10H20O8. The molecule has 2 unspecified atom stereocenters. The van der Waals surface area contributed by atoms with E-state index in [9.17, 15) is 9.59 Å². The van der Waals surface area contributed by atoms with Crippen LogP contribution >= 0.6 is 0 Å². The van der Waals surface area contributed by atoms with Crippen LogP contribution in [-0.2, 0) is 14.3 Å². The number of rotatable bonds is 8. The zero-order valence-electron chi connectivity index (χ0n) is 10.2. The molecule has 18 heavy (non-hydrogen) atoms. The maximum atomic E-state index is 10.5. The molecule has 0 heterocycles. The van der Waals surface area contributed by atoms with Gasteiger partial charge in [-0.1, -0.05) is 13.3 Å². The first-order valence-corrected chi connectivity index (χ1v) is 5.39. The Labute approximate surface area is 104 Å². The number of carbonyl (C=O) groups is 2. The van der Waals surface area contributed by atoms with Gasteiger partial charge in [-0.25, -0.2) is 9.59 Å². The van der Waals surface area contributed by atoms with Crippen LogP contribution in [0.5, 0.6) is 0 Å². The summed E-state index contributed by atoms with van der Waals surface area (Å²) >= 11 is 0. The van der Waals surface area contributed by atoms with Crippen molar-refractivity contribution in [3.63, 3.8) is 0 Å². The van der Waals surface area contributed by atoms with Gasteiger partial charge in [0.25, 0.3) is 0 Å². The number of carboxylic acids is 2. The zero-order valence-corrected chi connectivity index (χ0v) is 10.2. The predicted octanol–water partition coefficient (Wildman–Crippen LogP) is -1.33. The first-order chi connectivity index (χ1) is 8.42. The monoisotopic (exact) mass is 268 g/mol. The molecule has 0 saturated carbocycles. The van der Waals surface area contributed by atoms with Crippen LogP contribution in [0.3, 0.4) is 0 Å². The fourth-order valence-electron chi connectivity index (χ4n) is 0.782. The highest BCUT2D eigenvalue weighted by atomic mass is 16.5. The second-order valence-corrected chi connectivity index (χ2v) is 3.21. The third-order valence-electron chi connectivity index (χ3n) is 1.68. The van der Waals surface area contributed by atoms with Gasteiger partial charge in [0.15, 0.2) is 12.2 Å². The summed E-state index contributed by atoms with van der Waals surface area (Å²) in [4.78, 5) is 20.8. The highest BCUT2D eigenvalue weighted by Gasteiger charge is 2.32. The van der Waals surface area contributed by atoms with E-state index in [1.165, 1.54) is 0 Å². The number of aliphatic hydroxyl groups excluding tert-OH is 3. The molecule has 0 aliphatic heterocycles. The summed E-state index contributed by atoms with van der Waals surface area (Å²) in [6, 6.07) is 0. The smallest absolute Gasteiger partial charge is 0.336 e. The predicted molar refractivity (Wildman–Crippen MR) is 60.1 cm³/mol. The average molecular weight is 268 g/mol. The van der Waals surface area contributed by atoms with Gasteiger partial charge >= 0.3 is 11.9 Å². The quantitative estimate of drug-likeness (QED) is 0.341. The Hall–Kier alpha value is -1.22. The Balaban J connectivity index is 0. The lowest BCUT2D eigenvalue weighted by molar-refractivity contribution is -0.171. The number of ether oxygens (including phenoxy) is 1. The number of aliphatic carboxylic acids is 2. The van der Waals surface area contributed by atoms with Gasteiger partial charge in [-0.3, -0.25) is 0 Å². The SMILES string of the molecule is CCCCOC(C(=O)O)C(O)C(=O)O.OCCO. The van der Waals surface area contributed by atoms with Gasteiger partial charge in [0, 0.05) is 6.61 Å². The molecule has 0 amide bonds. The summed E-state index contributed by atoms with van der Waals surface area (Å²) in [5, 5.41) is 41.1. The largest absolute Gasteiger partial charge is 0.479 e. The minimum atomic E-state index is -2.02. The Morgan fingerprint density at radius 2 is 1.61 bits per heavy atom. The lowest BCUT2D eigenvalue weighted by atomic mass is 10.2. The Morgan fingerprint density at radius 3 is 1.89 bits per heavy atom. The highest BCUT2D eigenvalue weighted by molar-refractivity contribution is 5.83. The molecule has 0 aromatic rings. The van der Waals surface area contributed by atoms with Gasteiger partial charge in [0.05, 0.1) is 13.2 Å². The fourth-order valence-corrected chi connectivity index (χ4v) is 0.782. The molecule has 0 spiro atoms. The third kappa shape index (κ3) is 9.97. The van der Waals surface area contributed by atoms with Crippen molar-refractivity contribution in [3.8, 4) is 0 Å². The number of hydrogen-bond acceptors (Lipinski definition) is 6. The molecule has 2 atom stereocenters. The minimum Gasteiger partial charge on any atom is -0.479 e. The van der Waals surface area contributed by atoms with E-state index in [-0.39, 0.29) is 19.8 Å². The van der Waals surface area contributed by atoms with E-state index < -0.39 is 24.1 Å². The van der Waals surface area contributed by atoms with Crippen LogP contribution < -0.4 is 0 Å². The second-order valence-electron chi connectivity index (χ2n) is 3.21. The van der Waals surface area contributed by atoms with Crippen LogP contribution in [-0.4, -0.2) is 69.5 Å². The van der Waals surface area contributed by atoms with Crippen LogP contribution in [0.4, 0.5) is 0 Å². The van der Waals surface area contributed by atoms with Crippen LogP contribution in [0.2, 0.25) is 0 Å². The van der Waals surface area contributed by atoms with Gasteiger partial charge in [-0.05, 0) is 6.42 Å². The molecule has 0 aromatic heterocycles. The number of unbranched alkanes of at least 4 members (excludes halogenated alkanes) is 1. The van der Waals surface area contributed by atoms with Crippen molar-refractivity contribution in [1.29, 1.82) is 0 Å². The third-order valence-corrected chi connectivity index (χ3v) is 1.68. The van der Waals surface area contributed by atoms with Gasteiger partial charge in [-0.2, -0.15) is 0 Å². The van der Waals surface area contributed by atoms with E-state index in [2.05, 4.69) is 0 Å². The van der Waals surface area contributed by atoms with Gasteiger partial charge in [0.1, 0.15) is 0 Å². The number of hydrogen-bond donors (Lipinski definition) is 5. The van der Waals surface area contributed by atoms with E-state index in [1.54, 1.807) is 0 Å². The maximum absolute atomic E-state index is 10.5. The Kier molecular flexibility index (Phi) is 13.0. The Morgan fingerprint density at radius 1 is 1.11 bits per heavy atom. The molecule has 0 saturated heterocycles. The van der Waals surface area contributed by atoms with Crippen molar-refractivity contribution in [1.82, 2.24) is 0 Å². The molecule has 0 fully saturated rings. The normalized spacial score (nSPS) is 13.1. The first-order valence-electron chi connectivity index (χ1n) is 5.39. The summed E-state index contributed by atoms with van der Waals surface area (Å²) in [5.41, 5.74) is 0. The molecule has 0 rings (SSSR count). The molecule has 8 heteroatoms. The van der Waals surface area contributed by atoms with Crippen molar-refractivity contribution < 1.29 is 39.9 Å². The van der Waals surface area contributed by atoms with Crippen LogP contribution in [0.25, 0.3) is 0 Å². The van der Waals surface area contributed by atoms with Crippen molar-refractivity contribution in [2.75, 3.05) is 19.8 Å². The number of aliphatic hydroxyl groups is 3. The topological polar surface area (TPSA) is 145 Å². The molecule has 0 aromatic carbocycles. The van der Waals surface area contributed by atoms with Crippen molar-refractivity contribution >= 4 is 11.9 Å².